The molecule has 9 rings (SSSR count). The zero-order valence-electron chi connectivity index (χ0n) is 24.1. The highest BCUT2D eigenvalue weighted by atomic mass is 15.1. The van der Waals surface area contributed by atoms with Crippen LogP contribution in [0, 0.1) is 0 Å². The summed E-state index contributed by atoms with van der Waals surface area (Å²) in [5.74, 6) is 0. The van der Waals surface area contributed by atoms with Crippen LogP contribution in [0.4, 0.5) is 17.1 Å². The minimum Gasteiger partial charge on any atom is -0.309 e. The van der Waals surface area contributed by atoms with Gasteiger partial charge in [0.2, 0.25) is 0 Å². The van der Waals surface area contributed by atoms with Crippen molar-refractivity contribution in [2.45, 2.75) is 19.3 Å². The van der Waals surface area contributed by atoms with Crippen LogP contribution in [0.15, 0.2) is 140 Å². The number of benzene rings is 6. The van der Waals surface area contributed by atoms with E-state index in [-0.39, 0.29) is 5.41 Å². The SMILES string of the molecule is CC1(C)c2ccccc2-n2c3ccc(N(c4cccnc4)c4cc5ccccc5c5ccccc45)cc3c3cccc1c32. The van der Waals surface area contributed by atoms with Crippen LogP contribution in [-0.2, 0) is 5.41 Å². The van der Waals surface area contributed by atoms with Gasteiger partial charge in [-0.15, -0.1) is 0 Å². The van der Waals surface area contributed by atoms with Gasteiger partial charge in [0.1, 0.15) is 0 Å². The lowest BCUT2D eigenvalue weighted by Gasteiger charge is -2.34. The van der Waals surface area contributed by atoms with Crippen molar-refractivity contribution in [1.29, 1.82) is 0 Å². The van der Waals surface area contributed by atoms with Gasteiger partial charge in [-0.25, -0.2) is 0 Å². The number of hydrogen-bond acceptors (Lipinski definition) is 2. The number of anilines is 3. The molecule has 0 radical (unpaired) electrons. The Morgan fingerprint density at radius 3 is 2.19 bits per heavy atom. The average Bonchev–Trinajstić information content (AvgIpc) is 3.39. The molecule has 0 saturated heterocycles. The van der Waals surface area contributed by atoms with Gasteiger partial charge in [-0.1, -0.05) is 98.8 Å². The molecule has 1 aliphatic heterocycles. The number of pyridine rings is 1. The molecule has 6 aromatic carbocycles. The molecule has 0 amide bonds. The molecule has 0 N–H and O–H groups in total. The van der Waals surface area contributed by atoms with Gasteiger partial charge < -0.3 is 9.47 Å². The number of rotatable bonds is 3. The van der Waals surface area contributed by atoms with Crippen molar-refractivity contribution < 1.29 is 0 Å². The summed E-state index contributed by atoms with van der Waals surface area (Å²) < 4.78 is 2.48. The lowest BCUT2D eigenvalue weighted by Crippen LogP contribution is -2.26. The Morgan fingerprint density at radius 2 is 1.33 bits per heavy atom. The lowest BCUT2D eigenvalue weighted by molar-refractivity contribution is 0.630. The van der Waals surface area contributed by atoms with Gasteiger partial charge in [0.15, 0.2) is 0 Å². The van der Waals surface area contributed by atoms with Crippen molar-refractivity contribution in [2.24, 2.45) is 0 Å². The van der Waals surface area contributed by atoms with E-state index in [0.717, 1.165) is 17.1 Å². The third kappa shape index (κ3) is 3.33. The Kier molecular flexibility index (Phi) is 4.95. The topological polar surface area (TPSA) is 21.1 Å². The third-order valence-corrected chi connectivity index (χ3v) is 9.41. The summed E-state index contributed by atoms with van der Waals surface area (Å²) in [5, 5.41) is 7.48. The predicted octanol–water partition coefficient (Wildman–Crippen LogP) is 10.6. The first-order chi connectivity index (χ1) is 21.1. The smallest absolute Gasteiger partial charge is 0.0645 e. The van der Waals surface area contributed by atoms with Gasteiger partial charge in [-0.2, -0.15) is 0 Å². The second-order valence-electron chi connectivity index (χ2n) is 12.1. The van der Waals surface area contributed by atoms with Crippen molar-refractivity contribution >= 4 is 60.4 Å². The minimum absolute atomic E-state index is 0.0882. The summed E-state index contributed by atoms with van der Waals surface area (Å²) >= 11 is 0. The van der Waals surface area contributed by atoms with Crippen molar-refractivity contribution in [2.75, 3.05) is 4.90 Å². The Bertz CT molecular complexity index is 2380. The molecule has 204 valence electrons. The van der Waals surface area contributed by atoms with E-state index >= 15 is 0 Å². The second-order valence-corrected chi connectivity index (χ2v) is 12.1. The normalized spacial score (nSPS) is 13.5. The van der Waals surface area contributed by atoms with E-state index in [2.05, 4.69) is 150 Å². The van der Waals surface area contributed by atoms with Gasteiger partial charge in [-0.05, 0) is 69.8 Å². The average molecular weight is 552 g/mol. The summed E-state index contributed by atoms with van der Waals surface area (Å²) in [6, 6.07) is 46.5. The molecule has 3 heteroatoms. The van der Waals surface area contributed by atoms with Crippen LogP contribution in [0.2, 0.25) is 0 Å². The summed E-state index contributed by atoms with van der Waals surface area (Å²) in [4.78, 5) is 6.91. The molecular formula is C40H29N3. The fourth-order valence-corrected chi connectivity index (χ4v) is 7.43. The van der Waals surface area contributed by atoms with Gasteiger partial charge in [-0.3, -0.25) is 4.98 Å². The molecule has 0 aliphatic carbocycles. The number of hydrogen-bond donors (Lipinski definition) is 0. The molecule has 0 spiro atoms. The molecule has 8 aromatic rings. The van der Waals surface area contributed by atoms with Crippen molar-refractivity contribution in [1.82, 2.24) is 9.55 Å². The largest absolute Gasteiger partial charge is 0.309 e. The van der Waals surface area contributed by atoms with Crippen molar-refractivity contribution in [3.05, 3.63) is 151 Å². The van der Waals surface area contributed by atoms with Gasteiger partial charge >= 0.3 is 0 Å². The van der Waals surface area contributed by atoms with E-state index in [1.165, 1.54) is 60.2 Å². The fraction of sp³-hybridized carbons (Fsp3) is 0.0750. The van der Waals surface area contributed by atoms with Gasteiger partial charge in [0, 0.05) is 33.5 Å². The van der Waals surface area contributed by atoms with Crippen LogP contribution in [0.25, 0.3) is 49.0 Å². The quantitative estimate of drug-likeness (QED) is 0.204. The zero-order chi connectivity index (χ0) is 28.7. The number of aromatic nitrogens is 2. The van der Waals surface area contributed by atoms with Crippen LogP contribution in [0.1, 0.15) is 25.0 Å². The summed E-state index contributed by atoms with van der Waals surface area (Å²) in [5.41, 5.74) is 9.72. The van der Waals surface area contributed by atoms with Gasteiger partial charge in [0.25, 0.3) is 0 Å². The van der Waals surface area contributed by atoms with E-state index in [4.69, 9.17) is 0 Å². The van der Waals surface area contributed by atoms with E-state index < -0.39 is 0 Å². The molecule has 43 heavy (non-hydrogen) atoms. The van der Waals surface area contributed by atoms with E-state index in [1.807, 2.05) is 18.5 Å². The first-order valence-corrected chi connectivity index (χ1v) is 14.9. The maximum atomic E-state index is 4.54. The summed E-state index contributed by atoms with van der Waals surface area (Å²) in [6.45, 7) is 4.70. The molecule has 3 heterocycles. The molecular weight excluding hydrogens is 522 g/mol. The Hall–Kier alpha value is -5.41. The van der Waals surface area contributed by atoms with Crippen LogP contribution in [0.5, 0.6) is 0 Å². The highest BCUT2D eigenvalue weighted by Crippen LogP contribution is 2.49. The van der Waals surface area contributed by atoms with Crippen LogP contribution >= 0.6 is 0 Å². The third-order valence-electron chi connectivity index (χ3n) is 9.41. The highest BCUT2D eigenvalue weighted by molar-refractivity contribution is 6.16. The number of nitrogens with zero attached hydrogens (tertiary/aromatic N) is 3. The molecule has 0 atom stereocenters. The molecule has 1 aliphatic rings. The monoisotopic (exact) mass is 551 g/mol. The standard InChI is InChI=1S/C40H29N3/c1-40(2)34-17-7-8-19-37(34)43-36-21-20-27(24-33(36)32-16-9-18-35(40)39(32)43)42(28-12-10-22-41-25-28)38-23-26-11-3-4-13-29(26)30-14-5-6-15-31(30)38/h3-25H,1-2H3. The first kappa shape index (κ1) is 24.2. The van der Waals surface area contributed by atoms with E-state index in [0.29, 0.717) is 0 Å². The van der Waals surface area contributed by atoms with Crippen LogP contribution < -0.4 is 4.90 Å². The van der Waals surface area contributed by atoms with Crippen molar-refractivity contribution in [3.8, 4) is 5.69 Å². The summed E-state index contributed by atoms with van der Waals surface area (Å²) in [7, 11) is 0. The Morgan fingerprint density at radius 1 is 0.581 bits per heavy atom. The molecule has 0 bridgehead atoms. The zero-order valence-corrected chi connectivity index (χ0v) is 24.1. The van der Waals surface area contributed by atoms with Crippen LogP contribution in [-0.4, -0.2) is 9.55 Å². The Balaban J connectivity index is 1.37. The first-order valence-electron chi connectivity index (χ1n) is 14.9. The van der Waals surface area contributed by atoms with Gasteiger partial charge in [0.05, 0.1) is 34.3 Å². The van der Waals surface area contributed by atoms with E-state index in [9.17, 15) is 0 Å². The molecule has 0 saturated carbocycles. The highest BCUT2D eigenvalue weighted by Gasteiger charge is 2.34. The van der Waals surface area contributed by atoms with Crippen LogP contribution in [0.3, 0.4) is 0 Å². The van der Waals surface area contributed by atoms with Crippen molar-refractivity contribution in [3.63, 3.8) is 0 Å². The lowest BCUT2D eigenvalue weighted by atomic mass is 9.75. The number of fused-ring (bicyclic) bond motifs is 8. The second kappa shape index (κ2) is 8.80. The molecule has 0 fully saturated rings. The molecule has 2 aromatic heterocycles. The van der Waals surface area contributed by atoms with E-state index in [1.54, 1.807) is 0 Å². The predicted molar refractivity (Wildman–Crippen MR) is 180 cm³/mol. The fourth-order valence-electron chi connectivity index (χ4n) is 7.43. The molecule has 0 unspecified atom stereocenters. The summed E-state index contributed by atoms with van der Waals surface area (Å²) in [6.07, 6.45) is 3.80. The molecule has 3 nitrogen and oxygen atoms in total. The Labute approximate surface area is 250 Å². The number of para-hydroxylation sites is 2. The minimum atomic E-state index is -0.0882. The maximum Gasteiger partial charge on any atom is 0.0645 e. The maximum absolute atomic E-state index is 4.54.